The van der Waals surface area contributed by atoms with Gasteiger partial charge in [-0.2, -0.15) is 0 Å². The summed E-state index contributed by atoms with van der Waals surface area (Å²) in [5.74, 6) is -0.699. The molecular weight excluding hydrogens is 386 g/mol. The molecule has 0 radical (unpaired) electrons. The second-order valence-corrected chi connectivity index (χ2v) is 7.68. The quantitative estimate of drug-likeness (QED) is 0.752. The average Bonchev–Trinajstić information content (AvgIpc) is 2.80. The minimum absolute atomic E-state index is 0.150. The molecule has 2 N–H and O–H groups in total. The number of halogens is 1. The van der Waals surface area contributed by atoms with E-state index in [-0.39, 0.29) is 18.5 Å². The van der Waals surface area contributed by atoms with Gasteiger partial charge in [0.1, 0.15) is 12.1 Å². The molecule has 1 aliphatic carbocycles. The van der Waals surface area contributed by atoms with Gasteiger partial charge in [-0.05, 0) is 25.8 Å². The molecule has 0 unspecified atom stereocenters. The highest BCUT2D eigenvalue weighted by Gasteiger charge is 2.50. The summed E-state index contributed by atoms with van der Waals surface area (Å²) in [6, 6.07) is 6.86. The van der Waals surface area contributed by atoms with E-state index in [4.69, 9.17) is 0 Å². The molecule has 1 aromatic rings. The average molecular weight is 408 g/mol. The predicted molar refractivity (Wildman–Crippen MR) is 96.8 cm³/mol. The zero-order chi connectivity index (χ0) is 18.0. The van der Waals surface area contributed by atoms with Crippen LogP contribution in [0.1, 0.15) is 44.6 Å². The standard InChI is InChI=1S/C18H22BrN3O3/c1-18(13-9-5-6-10-14(13)19)16(24)22(17(25)21-18)11-15(23)20-12-7-3-2-4-8-12/h5-6,9-10,12H,2-4,7-8,11H2,1H3,(H,20,23)(H,21,25)/t18-/m1/s1. The molecule has 4 amide bonds. The third kappa shape index (κ3) is 3.56. The van der Waals surface area contributed by atoms with Crippen LogP contribution in [-0.4, -0.2) is 35.3 Å². The summed E-state index contributed by atoms with van der Waals surface area (Å²) < 4.78 is 0.736. The van der Waals surface area contributed by atoms with Gasteiger partial charge in [0.05, 0.1) is 0 Å². The lowest BCUT2D eigenvalue weighted by Crippen LogP contribution is -2.46. The number of nitrogens with one attached hydrogen (secondary N) is 2. The highest BCUT2D eigenvalue weighted by atomic mass is 79.9. The van der Waals surface area contributed by atoms with Crippen molar-refractivity contribution in [2.24, 2.45) is 0 Å². The summed E-state index contributed by atoms with van der Waals surface area (Å²) in [6.07, 6.45) is 5.33. The van der Waals surface area contributed by atoms with Crippen LogP contribution in [0.25, 0.3) is 0 Å². The molecule has 1 saturated heterocycles. The molecule has 3 rings (SSSR count). The molecule has 25 heavy (non-hydrogen) atoms. The van der Waals surface area contributed by atoms with E-state index in [1.165, 1.54) is 6.42 Å². The zero-order valence-corrected chi connectivity index (χ0v) is 15.8. The molecule has 6 nitrogen and oxygen atoms in total. The van der Waals surface area contributed by atoms with Crippen LogP contribution < -0.4 is 10.6 Å². The molecule has 0 aromatic heterocycles. The van der Waals surface area contributed by atoms with Crippen molar-refractivity contribution in [2.75, 3.05) is 6.54 Å². The number of imide groups is 1. The Hall–Kier alpha value is -1.89. The van der Waals surface area contributed by atoms with Crippen LogP contribution in [0.3, 0.4) is 0 Å². The van der Waals surface area contributed by atoms with Crippen LogP contribution in [-0.2, 0) is 15.1 Å². The van der Waals surface area contributed by atoms with E-state index in [2.05, 4.69) is 26.6 Å². The third-order valence-electron chi connectivity index (χ3n) is 4.96. The smallest absolute Gasteiger partial charge is 0.325 e. The van der Waals surface area contributed by atoms with Gasteiger partial charge in [0.15, 0.2) is 0 Å². The summed E-state index contributed by atoms with van der Waals surface area (Å²) >= 11 is 3.42. The molecule has 1 atom stereocenters. The number of urea groups is 1. The van der Waals surface area contributed by atoms with Gasteiger partial charge in [-0.15, -0.1) is 0 Å². The molecule has 134 valence electrons. The molecular formula is C18H22BrN3O3. The molecule has 1 saturated carbocycles. The van der Waals surface area contributed by atoms with Crippen molar-refractivity contribution in [2.45, 2.75) is 50.6 Å². The van der Waals surface area contributed by atoms with Crippen LogP contribution in [0.15, 0.2) is 28.7 Å². The van der Waals surface area contributed by atoms with E-state index in [1.807, 2.05) is 18.2 Å². The Labute approximate surface area is 155 Å². The van der Waals surface area contributed by atoms with Crippen molar-refractivity contribution in [1.82, 2.24) is 15.5 Å². The lowest BCUT2D eigenvalue weighted by Gasteiger charge is -2.25. The molecule has 1 heterocycles. The van der Waals surface area contributed by atoms with Gasteiger partial charge in [0, 0.05) is 16.1 Å². The maximum absolute atomic E-state index is 12.9. The van der Waals surface area contributed by atoms with E-state index in [0.717, 1.165) is 35.1 Å². The first-order valence-corrected chi connectivity index (χ1v) is 9.39. The van der Waals surface area contributed by atoms with Crippen LogP contribution in [0.2, 0.25) is 0 Å². The number of rotatable bonds is 4. The number of benzene rings is 1. The SMILES string of the molecule is C[C@]1(c2ccccc2Br)NC(=O)N(CC(=O)NC2CCCCC2)C1=O. The molecule has 0 spiro atoms. The summed E-state index contributed by atoms with van der Waals surface area (Å²) in [4.78, 5) is 38.4. The van der Waals surface area contributed by atoms with Gasteiger partial charge in [-0.25, -0.2) is 4.79 Å². The highest BCUT2D eigenvalue weighted by Crippen LogP contribution is 2.33. The number of hydrogen-bond acceptors (Lipinski definition) is 3. The van der Waals surface area contributed by atoms with Gasteiger partial charge in [0.25, 0.3) is 5.91 Å². The van der Waals surface area contributed by atoms with E-state index in [1.54, 1.807) is 13.0 Å². The summed E-state index contributed by atoms with van der Waals surface area (Å²) in [6.45, 7) is 1.41. The van der Waals surface area contributed by atoms with Crippen molar-refractivity contribution < 1.29 is 14.4 Å². The second kappa shape index (κ2) is 7.15. The summed E-state index contributed by atoms with van der Waals surface area (Å²) in [5, 5.41) is 5.67. The lowest BCUT2D eigenvalue weighted by molar-refractivity contribution is -0.135. The number of amides is 4. The van der Waals surface area contributed by atoms with Gasteiger partial charge in [0.2, 0.25) is 5.91 Å². The van der Waals surface area contributed by atoms with Crippen LogP contribution in [0.5, 0.6) is 0 Å². The fourth-order valence-electron chi connectivity index (χ4n) is 3.55. The fraction of sp³-hybridized carbons (Fsp3) is 0.500. The maximum atomic E-state index is 12.9. The monoisotopic (exact) mass is 407 g/mol. The Bertz CT molecular complexity index is 703. The van der Waals surface area contributed by atoms with Gasteiger partial charge in [-0.3, -0.25) is 14.5 Å². The highest BCUT2D eigenvalue weighted by molar-refractivity contribution is 9.10. The first-order chi connectivity index (χ1) is 11.9. The minimum Gasteiger partial charge on any atom is -0.352 e. The van der Waals surface area contributed by atoms with Crippen LogP contribution in [0, 0.1) is 0 Å². The zero-order valence-electron chi connectivity index (χ0n) is 14.2. The fourth-order valence-corrected chi connectivity index (χ4v) is 4.23. The van der Waals surface area contributed by atoms with Crippen molar-refractivity contribution in [1.29, 1.82) is 0 Å². The first kappa shape index (κ1) is 17.9. The Morgan fingerprint density at radius 1 is 1.28 bits per heavy atom. The van der Waals surface area contributed by atoms with Crippen molar-refractivity contribution >= 4 is 33.8 Å². The van der Waals surface area contributed by atoms with E-state index >= 15 is 0 Å². The van der Waals surface area contributed by atoms with Gasteiger partial charge in [-0.1, -0.05) is 53.4 Å². The lowest BCUT2D eigenvalue weighted by atomic mass is 9.92. The van der Waals surface area contributed by atoms with Crippen molar-refractivity contribution in [3.63, 3.8) is 0 Å². The van der Waals surface area contributed by atoms with E-state index in [0.29, 0.717) is 5.56 Å². The predicted octanol–water partition coefficient (Wildman–Crippen LogP) is 2.67. The Morgan fingerprint density at radius 3 is 2.64 bits per heavy atom. The number of carbonyl (C=O) groups excluding carboxylic acids is 3. The second-order valence-electron chi connectivity index (χ2n) is 6.83. The molecule has 7 heteroatoms. The Kier molecular flexibility index (Phi) is 5.13. The van der Waals surface area contributed by atoms with Gasteiger partial charge >= 0.3 is 6.03 Å². The molecule has 1 aromatic carbocycles. The number of hydrogen-bond donors (Lipinski definition) is 2. The van der Waals surface area contributed by atoms with Gasteiger partial charge < -0.3 is 10.6 Å². The number of nitrogens with zero attached hydrogens (tertiary/aromatic N) is 1. The molecule has 0 bridgehead atoms. The van der Waals surface area contributed by atoms with Crippen molar-refractivity contribution in [3.8, 4) is 0 Å². The molecule has 2 aliphatic rings. The molecule has 1 aliphatic heterocycles. The normalized spacial score (nSPS) is 24.3. The minimum atomic E-state index is -1.18. The largest absolute Gasteiger partial charge is 0.352 e. The number of carbonyl (C=O) groups is 3. The van der Waals surface area contributed by atoms with Crippen LogP contribution in [0.4, 0.5) is 4.79 Å². The first-order valence-electron chi connectivity index (χ1n) is 8.60. The van der Waals surface area contributed by atoms with Crippen molar-refractivity contribution in [3.05, 3.63) is 34.3 Å². The topological polar surface area (TPSA) is 78.5 Å². The Morgan fingerprint density at radius 2 is 1.96 bits per heavy atom. The maximum Gasteiger partial charge on any atom is 0.325 e. The summed E-state index contributed by atoms with van der Waals surface area (Å²) in [5.41, 5.74) is -0.508. The van der Waals surface area contributed by atoms with E-state index < -0.39 is 17.5 Å². The summed E-state index contributed by atoms with van der Waals surface area (Å²) in [7, 11) is 0. The van der Waals surface area contributed by atoms with Crippen LogP contribution >= 0.6 is 15.9 Å². The van der Waals surface area contributed by atoms with E-state index in [9.17, 15) is 14.4 Å². The third-order valence-corrected chi connectivity index (χ3v) is 5.65. The Balaban J connectivity index is 1.71. The molecule has 2 fully saturated rings.